The summed E-state index contributed by atoms with van der Waals surface area (Å²) in [7, 11) is 0. The predicted octanol–water partition coefficient (Wildman–Crippen LogP) is 0.644. The molecule has 4 nitrogen and oxygen atoms in total. The number of hydrogen-bond acceptors (Lipinski definition) is 3. The lowest BCUT2D eigenvalue weighted by Gasteiger charge is -2.09. The molecule has 0 spiro atoms. The van der Waals surface area contributed by atoms with Gasteiger partial charge in [-0.05, 0) is 18.9 Å². The van der Waals surface area contributed by atoms with Gasteiger partial charge in [0, 0.05) is 6.61 Å². The fraction of sp³-hybridized carbons (Fsp3) is 0.625. The summed E-state index contributed by atoms with van der Waals surface area (Å²) in [4.78, 5) is 0. The zero-order valence-corrected chi connectivity index (χ0v) is 6.94. The minimum Gasteiger partial charge on any atom is -0.384 e. The van der Waals surface area contributed by atoms with Crippen LogP contribution >= 0.6 is 0 Å². The van der Waals surface area contributed by atoms with Crippen LogP contribution in [0.4, 0.5) is 5.82 Å². The van der Waals surface area contributed by atoms with Crippen LogP contribution in [0.3, 0.4) is 0 Å². The second-order valence-electron chi connectivity index (χ2n) is 3.07. The molecular formula is C8H13N3O. The van der Waals surface area contributed by atoms with E-state index in [2.05, 4.69) is 5.10 Å². The van der Waals surface area contributed by atoms with Crippen LogP contribution in [0.1, 0.15) is 12.8 Å². The largest absolute Gasteiger partial charge is 0.384 e. The lowest BCUT2D eigenvalue weighted by Crippen LogP contribution is -2.17. The normalized spacial score (nSPS) is 23.2. The maximum absolute atomic E-state index is 5.66. The Kier molecular flexibility index (Phi) is 1.99. The summed E-state index contributed by atoms with van der Waals surface area (Å²) in [6, 6.07) is 1.80. The highest BCUT2D eigenvalue weighted by Crippen LogP contribution is 2.14. The van der Waals surface area contributed by atoms with Crippen LogP contribution < -0.4 is 5.73 Å². The molecule has 1 fully saturated rings. The molecule has 12 heavy (non-hydrogen) atoms. The Labute approximate surface area is 71.3 Å². The van der Waals surface area contributed by atoms with Gasteiger partial charge in [0.25, 0.3) is 0 Å². The van der Waals surface area contributed by atoms with E-state index in [0.717, 1.165) is 26.0 Å². The monoisotopic (exact) mass is 167 g/mol. The summed E-state index contributed by atoms with van der Waals surface area (Å²) >= 11 is 0. The van der Waals surface area contributed by atoms with E-state index < -0.39 is 0 Å². The minimum absolute atomic E-state index is 0.312. The quantitative estimate of drug-likeness (QED) is 0.703. The lowest BCUT2D eigenvalue weighted by molar-refractivity contribution is 0.0945. The van der Waals surface area contributed by atoms with Gasteiger partial charge in [0.15, 0.2) is 0 Å². The van der Waals surface area contributed by atoms with Crippen molar-refractivity contribution < 1.29 is 4.74 Å². The van der Waals surface area contributed by atoms with E-state index >= 15 is 0 Å². The van der Waals surface area contributed by atoms with E-state index in [1.54, 1.807) is 16.9 Å². The third-order valence-corrected chi connectivity index (χ3v) is 2.15. The Morgan fingerprint density at radius 2 is 2.67 bits per heavy atom. The van der Waals surface area contributed by atoms with Crippen LogP contribution in [0.2, 0.25) is 0 Å². The number of ether oxygens (including phenoxy) is 1. The Balaban J connectivity index is 1.98. The summed E-state index contributed by atoms with van der Waals surface area (Å²) in [5.41, 5.74) is 5.66. The van der Waals surface area contributed by atoms with Crippen molar-refractivity contribution in [2.75, 3.05) is 12.3 Å². The molecule has 2 rings (SSSR count). The molecular weight excluding hydrogens is 154 g/mol. The molecule has 1 unspecified atom stereocenters. The van der Waals surface area contributed by atoms with Crippen molar-refractivity contribution in [3.05, 3.63) is 12.3 Å². The second kappa shape index (κ2) is 3.15. The zero-order chi connectivity index (χ0) is 8.39. The van der Waals surface area contributed by atoms with Gasteiger partial charge in [-0.2, -0.15) is 5.10 Å². The molecule has 1 atom stereocenters. The predicted molar refractivity (Wildman–Crippen MR) is 45.6 cm³/mol. The average Bonchev–Trinajstić information content (AvgIpc) is 2.65. The number of nitrogens with zero attached hydrogens (tertiary/aromatic N) is 2. The molecule has 4 heteroatoms. The molecule has 0 aliphatic carbocycles. The molecule has 2 heterocycles. The highest BCUT2D eigenvalue weighted by Gasteiger charge is 2.16. The Morgan fingerprint density at radius 1 is 1.75 bits per heavy atom. The molecule has 0 aromatic carbocycles. The standard InChI is InChI=1S/C8H13N3O/c9-8-3-4-10-11(8)6-7-2-1-5-12-7/h3-4,7H,1-2,5-6,9H2. The van der Waals surface area contributed by atoms with Gasteiger partial charge in [-0.15, -0.1) is 0 Å². The molecule has 1 aromatic rings. The number of nitrogens with two attached hydrogens (primary N) is 1. The third kappa shape index (κ3) is 1.43. The van der Waals surface area contributed by atoms with Crippen LogP contribution in [0.25, 0.3) is 0 Å². The fourth-order valence-electron chi connectivity index (χ4n) is 1.48. The highest BCUT2D eigenvalue weighted by molar-refractivity contribution is 5.25. The van der Waals surface area contributed by atoms with E-state index in [9.17, 15) is 0 Å². The molecule has 66 valence electrons. The first-order valence-corrected chi connectivity index (χ1v) is 4.25. The summed E-state index contributed by atoms with van der Waals surface area (Å²) in [6.07, 6.45) is 4.31. The Hall–Kier alpha value is -1.03. The van der Waals surface area contributed by atoms with Crippen LogP contribution in [-0.4, -0.2) is 22.5 Å². The van der Waals surface area contributed by atoms with Crippen LogP contribution in [-0.2, 0) is 11.3 Å². The van der Waals surface area contributed by atoms with Crippen molar-refractivity contribution in [1.82, 2.24) is 9.78 Å². The van der Waals surface area contributed by atoms with Crippen molar-refractivity contribution in [2.45, 2.75) is 25.5 Å². The molecule has 1 aliphatic heterocycles. The molecule has 2 N–H and O–H groups in total. The van der Waals surface area contributed by atoms with Gasteiger partial charge in [0.1, 0.15) is 5.82 Å². The van der Waals surface area contributed by atoms with Crippen molar-refractivity contribution in [3.8, 4) is 0 Å². The van der Waals surface area contributed by atoms with E-state index in [1.807, 2.05) is 0 Å². The molecule has 0 amide bonds. The zero-order valence-electron chi connectivity index (χ0n) is 6.94. The maximum Gasteiger partial charge on any atom is 0.121 e. The van der Waals surface area contributed by atoms with Crippen molar-refractivity contribution in [1.29, 1.82) is 0 Å². The number of hydrogen-bond donors (Lipinski definition) is 1. The van der Waals surface area contributed by atoms with Crippen molar-refractivity contribution in [2.24, 2.45) is 0 Å². The molecule has 1 aromatic heterocycles. The number of nitrogen functional groups attached to an aromatic ring is 1. The van der Waals surface area contributed by atoms with Gasteiger partial charge < -0.3 is 10.5 Å². The van der Waals surface area contributed by atoms with E-state index in [1.165, 1.54) is 0 Å². The van der Waals surface area contributed by atoms with Crippen LogP contribution in [0.5, 0.6) is 0 Å². The third-order valence-electron chi connectivity index (χ3n) is 2.15. The second-order valence-corrected chi connectivity index (χ2v) is 3.07. The van der Waals surface area contributed by atoms with Gasteiger partial charge in [-0.1, -0.05) is 0 Å². The summed E-state index contributed by atoms with van der Waals surface area (Å²) < 4.78 is 7.25. The molecule has 0 bridgehead atoms. The van der Waals surface area contributed by atoms with Gasteiger partial charge in [-0.25, -0.2) is 4.68 Å². The average molecular weight is 167 g/mol. The Morgan fingerprint density at radius 3 is 3.25 bits per heavy atom. The first-order valence-electron chi connectivity index (χ1n) is 4.25. The van der Waals surface area contributed by atoms with E-state index in [0.29, 0.717) is 11.9 Å². The van der Waals surface area contributed by atoms with Crippen LogP contribution in [0.15, 0.2) is 12.3 Å². The first kappa shape index (κ1) is 7.61. The SMILES string of the molecule is Nc1ccnn1CC1CCCO1. The summed E-state index contributed by atoms with van der Waals surface area (Å²) in [5, 5.41) is 4.09. The smallest absolute Gasteiger partial charge is 0.121 e. The topological polar surface area (TPSA) is 53.1 Å². The van der Waals surface area contributed by atoms with Crippen LogP contribution in [0, 0.1) is 0 Å². The van der Waals surface area contributed by atoms with Gasteiger partial charge in [0.05, 0.1) is 18.8 Å². The minimum atomic E-state index is 0.312. The number of rotatable bonds is 2. The molecule has 0 saturated carbocycles. The highest BCUT2D eigenvalue weighted by atomic mass is 16.5. The summed E-state index contributed by atoms with van der Waals surface area (Å²) in [5.74, 6) is 0.713. The van der Waals surface area contributed by atoms with E-state index in [-0.39, 0.29) is 0 Å². The first-order chi connectivity index (χ1) is 5.86. The lowest BCUT2D eigenvalue weighted by atomic mass is 10.2. The molecule has 1 aliphatic rings. The number of aromatic nitrogens is 2. The van der Waals surface area contributed by atoms with E-state index in [4.69, 9.17) is 10.5 Å². The van der Waals surface area contributed by atoms with Gasteiger partial charge >= 0.3 is 0 Å². The van der Waals surface area contributed by atoms with Crippen molar-refractivity contribution >= 4 is 5.82 Å². The summed E-state index contributed by atoms with van der Waals surface area (Å²) in [6.45, 7) is 1.67. The molecule has 1 saturated heterocycles. The van der Waals surface area contributed by atoms with Gasteiger partial charge in [0.2, 0.25) is 0 Å². The van der Waals surface area contributed by atoms with Gasteiger partial charge in [-0.3, -0.25) is 0 Å². The maximum atomic E-state index is 5.66. The van der Waals surface area contributed by atoms with Crippen molar-refractivity contribution in [3.63, 3.8) is 0 Å². The number of anilines is 1. The fourth-order valence-corrected chi connectivity index (χ4v) is 1.48. The Bertz CT molecular complexity index is 253. The molecule has 0 radical (unpaired) electrons.